The molecule has 0 aliphatic heterocycles. The van der Waals surface area contributed by atoms with Gasteiger partial charge in [0.25, 0.3) is 17.7 Å². The van der Waals surface area contributed by atoms with Crippen molar-refractivity contribution in [1.29, 1.82) is 0 Å². The van der Waals surface area contributed by atoms with Crippen LogP contribution in [0, 0.1) is 0 Å². The number of methoxy groups -OCH3 is 2. The van der Waals surface area contributed by atoms with E-state index >= 15 is 0 Å². The molecule has 0 aliphatic carbocycles. The summed E-state index contributed by atoms with van der Waals surface area (Å²) in [5.74, 6) is -1.10. The van der Waals surface area contributed by atoms with E-state index in [1.807, 2.05) is 36.4 Å². The molecule has 5 N–H and O–H groups in total. The lowest BCUT2D eigenvalue weighted by molar-refractivity contribution is -0.116. The Balaban J connectivity index is 1.41. The molecule has 1 unspecified atom stereocenters. The van der Waals surface area contributed by atoms with Crippen molar-refractivity contribution < 1.29 is 28.7 Å². The second-order valence-corrected chi connectivity index (χ2v) is 12.0. The zero-order valence-corrected chi connectivity index (χ0v) is 28.0. The van der Waals surface area contributed by atoms with E-state index in [-0.39, 0.29) is 17.2 Å². The fourth-order valence-corrected chi connectivity index (χ4v) is 6.02. The minimum absolute atomic E-state index is 0.0150. The van der Waals surface area contributed by atoms with Gasteiger partial charge in [-0.15, -0.1) is 11.8 Å². The third-order valence-corrected chi connectivity index (χ3v) is 8.63. The summed E-state index contributed by atoms with van der Waals surface area (Å²) in [6.07, 6.45) is 1.54. The number of amides is 4. The van der Waals surface area contributed by atoms with Crippen molar-refractivity contribution in [2.24, 2.45) is 5.73 Å². The number of benzene rings is 5. The minimum Gasteiger partial charge on any atom is -0.493 e. The number of ether oxygens (including phenoxy) is 2. The number of thioether (sulfide) groups is 1. The van der Waals surface area contributed by atoms with Crippen molar-refractivity contribution in [2.45, 2.75) is 10.1 Å². The number of carbonyl (C=O) groups excluding carboxylic acids is 4. The number of rotatable bonds is 13. The Hall–Kier alpha value is -6.33. The number of hydrogen-bond donors (Lipinski definition) is 4. The van der Waals surface area contributed by atoms with Crippen LogP contribution in [0.2, 0.25) is 0 Å². The molecule has 0 saturated heterocycles. The zero-order chi connectivity index (χ0) is 35.5. The van der Waals surface area contributed by atoms with E-state index in [0.29, 0.717) is 38.9 Å². The van der Waals surface area contributed by atoms with E-state index in [9.17, 15) is 19.2 Å². The number of nitrogens with two attached hydrogens (primary N) is 1. The summed E-state index contributed by atoms with van der Waals surface area (Å²) in [4.78, 5) is 53.3. The largest absolute Gasteiger partial charge is 0.493 e. The van der Waals surface area contributed by atoms with Gasteiger partial charge in [0.1, 0.15) is 10.9 Å². The van der Waals surface area contributed by atoms with Gasteiger partial charge in [0.2, 0.25) is 5.91 Å². The van der Waals surface area contributed by atoms with E-state index in [1.54, 1.807) is 91.0 Å². The monoisotopic (exact) mass is 686 g/mol. The first-order valence-electron chi connectivity index (χ1n) is 15.4. The Bertz CT molecular complexity index is 2040. The number of para-hydroxylation sites is 1. The Labute approximate surface area is 293 Å². The predicted molar refractivity (Wildman–Crippen MR) is 195 cm³/mol. The minimum atomic E-state index is -0.728. The smallest absolute Gasteiger partial charge is 0.272 e. The van der Waals surface area contributed by atoms with E-state index < -0.39 is 23.0 Å². The summed E-state index contributed by atoms with van der Waals surface area (Å²) < 4.78 is 10.7. The van der Waals surface area contributed by atoms with Gasteiger partial charge in [-0.2, -0.15) is 0 Å². The van der Waals surface area contributed by atoms with Crippen LogP contribution in [0.25, 0.3) is 6.08 Å². The molecule has 10 nitrogen and oxygen atoms in total. The first kappa shape index (κ1) is 35.0. The van der Waals surface area contributed by atoms with E-state index in [1.165, 1.54) is 32.1 Å². The molecule has 0 saturated carbocycles. The molecule has 11 heteroatoms. The van der Waals surface area contributed by atoms with E-state index in [0.717, 1.165) is 5.56 Å². The highest BCUT2D eigenvalue weighted by Gasteiger charge is 2.24. The summed E-state index contributed by atoms with van der Waals surface area (Å²) in [5.41, 5.74) is 8.13. The molecule has 0 fully saturated rings. The van der Waals surface area contributed by atoms with Crippen LogP contribution in [0.1, 0.15) is 37.1 Å². The topological polar surface area (TPSA) is 149 Å². The summed E-state index contributed by atoms with van der Waals surface area (Å²) in [7, 11) is 3.03. The molecule has 5 aromatic carbocycles. The molecule has 0 spiro atoms. The quantitative estimate of drug-likeness (QED) is 0.0797. The summed E-state index contributed by atoms with van der Waals surface area (Å²) in [5, 5.41) is 7.72. The van der Waals surface area contributed by atoms with Crippen LogP contribution in [-0.2, 0) is 9.59 Å². The van der Waals surface area contributed by atoms with Gasteiger partial charge >= 0.3 is 0 Å². The van der Waals surface area contributed by atoms with Crippen molar-refractivity contribution in [1.82, 2.24) is 5.32 Å². The van der Waals surface area contributed by atoms with Crippen LogP contribution >= 0.6 is 11.8 Å². The van der Waals surface area contributed by atoms with Crippen LogP contribution in [-0.4, -0.2) is 37.8 Å². The van der Waals surface area contributed by atoms with Crippen LogP contribution in [0.15, 0.2) is 138 Å². The number of primary amides is 1. The molecular formula is C39H34N4O6S. The predicted octanol–water partition coefficient (Wildman–Crippen LogP) is 6.68. The van der Waals surface area contributed by atoms with Gasteiger partial charge in [0.15, 0.2) is 11.5 Å². The standard InChI is InChI=1S/C39H34N4O6S/c1-48-33-21-20-25(23-34(33)49-2)22-32(43-37(45)27-14-7-4-8-15-27)38(46)41-28-16-11-17-29(24-28)50-35(26-12-5-3-6-13-26)39(47)42-31-19-10-9-18-30(31)36(40)44/h3-24,35H,1-2H3,(H2,40,44)(H,41,46)(H,42,47)(H,43,45)/b32-22+. The molecule has 5 rings (SSSR count). The fourth-order valence-electron chi connectivity index (χ4n) is 4.94. The molecule has 0 radical (unpaired) electrons. The van der Waals surface area contributed by atoms with Crippen LogP contribution in [0.3, 0.4) is 0 Å². The lowest BCUT2D eigenvalue weighted by Gasteiger charge is -2.18. The van der Waals surface area contributed by atoms with Crippen molar-refractivity contribution >= 4 is 52.8 Å². The SMILES string of the molecule is COc1ccc(/C=C(/NC(=O)c2ccccc2)C(=O)Nc2cccc(SC(C(=O)Nc3ccccc3C(N)=O)c3ccccc3)c2)cc1OC. The molecule has 0 heterocycles. The molecule has 4 amide bonds. The van der Waals surface area contributed by atoms with Gasteiger partial charge in [0.05, 0.1) is 25.5 Å². The molecule has 0 aliphatic rings. The maximum atomic E-state index is 13.8. The Morgan fingerprint density at radius 2 is 1.40 bits per heavy atom. The highest BCUT2D eigenvalue weighted by atomic mass is 32.2. The van der Waals surface area contributed by atoms with E-state index in [4.69, 9.17) is 15.2 Å². The van der Waals surface area contributed by atoms with Gasteiger partial charge in [-0.25, -0.2) is 0 Å². The highest BCUT2D eigenvalue weighted by molar-refractivity contribution is 8.00. The van der Waals surface area contributed by atoms with Crippen LogP contribution < -0.4 is 31.2 Å². The highest BCUT2D eigenvalue weighted by Crippen LogP contribution is 2.37. The first-order chi connectivity index (χ1) is 24.2. The fraction of sp³-hybridized carbons (Fsp3) is 0.0769. The lowest BCUT2D eigenvalue weighted by atomic mass is 10.1. The Morgan fingerprint density at radius 3 is 2.10 bits per heavy atom. The zero-order valence-electron chi connectivity index (χ0n) is 27.2. The average molecular weight is 687 g/mol. The molecule has 252 valence electrons. The van der Waals surface area contributed by atoms with Crippen molar-refractivity contribution in [2.75, 3.05) is 24.9 Å². The normalized spacial score (nSPS) is 11.5. The molecule has 0 bridgehead atoms. The lowest BCUT2D eigenvalue weighted by Crippen LogP contribution is -2.30. The third kappa shape index (κ3) is 8.97. The Morgan fingerprint density at radius 1 is 0.720 bits per heavy atom. The number of nitrogens with one attached hydrogen (secondary N) is 3. The molecular weight excluding hydrogens is 653 g/mol. The number of hydrogen-bond acceptors (Lipinski definition) is 7. The molecule has 1 atom stereocenters. The Kier molecular flexibility index (Phi) is 11.7. The average Bonchev–Trinajstić information content (AvgIpc) is 3.14. The van der Waals surface area contributed by atoms with E-state index in [2.05, 4.69) is 16.0 Å². The maximum absolute atomic E-state index is 13.8. The third-order valence-electron chi connectivity index (χ3n) is 7.38. The molecule has 5 aromatic rings. The second-order valence-electron chi connectivity index (χ2n) is 10.8. The second kappa shape index (κ2) is 16.7. The van der Waals surface area contributed by atoms with Crippen LogP contribution in [0.5, 0.6) is 11.5 Å². The van der Waals surface area contributed by atoms with Gasteiger partial charge < -0.3 is 31.2 Å². The number of carbonyl (C=O) groups is 4. The maximum Gasteiger partial charge on any atom is 0.272 e. The number of anilines is 2. The first-order valence-corrected chi connectivity index (χ1v) is 16.3. The van der Waals surface area contributed by atoms with Crippen molar-refractivity contribution in [3.05, 3.63) is 155 Å². The van der Waals surface area contributed by atoms with Gasteiger partial charge in [-0.05, 0) is 71.8 Å². The van der Waals surface area contributed by atoms with Crippen molar-refractivity contribution in [3.8, 4) is 11.5 Å². The van der Waals surface area contributed by atoms with Crippen LogP contribution in [0.4, 0.5) is 11.4 Å². The summed E-state index contributed by atoms with van der Waals surface area (Å²) >= 11 is 1.26. The van der Waals surface area contributed by atoms with Gasteiger partial charge in [-0.3, -0.25) is 19.2 Å². The van der Waals surface area contributed by atoms with Gasteiger partial charge in [0, 0.05) is 16.1 Å². The van der Waals surface area contributed by atoms with Gasteiger partial charge in [-0.1, -0.05) is 72.8 Å². The summed E-state index contributed by atoms with van der Waals surface area (Å²) in [6, 6.07) is 36.4. The summed E-state index contributed by atoms with van der Waals surface area (Å²) in [6.45, 7) is 0. The molecule has 0 aromatic heterocycles. The molecule has 50 heavy (non-hydrogen) atoms. The van der Waals surface area contributed by atoms with Crippen molar-refractivity contribution in [3.63, 3.8) is 0 Å².